The van der Waals surface area contributed by atoms with Crippen LogP contribution in [-0.4, -0.2) is 31.8 Å². The van der Waals surface area contributed by atoms with Gasteiger partial charge in [0.1, 0.15) is 0 Å². The first kappa shape index (κ1) is 20.4. The Morgan fingerprint density at radius 2 is 2.07 bits per heavy atom. The van der Waals surface area contributed by atoms with Gasteiger partial charge in [0.2, 0.25) is 11.9 Å². The number of amides is 1. The third-order valence-corrected chi connectivity index (χ3v) is 4.61. The Balaban J connectivity index is 2.08. The topological polar surface area (TPSA) is 117 Å². The van der Waals surface area contributed by atoms with Crippen LogP contribution >= 0.6 is 0 Å². The Hall–Kier alpha value is -3.31. The van der Waals surface area contributed by atoms with Crippen LogP contribution in [0.15, 0.2) is 18.2 Å². The third-order valence-electron chi connectivity index (χ3n) is 4.61. The van der Waals surface area contributed by atoms with Crippen LogP contribution < -0.4 is 16.8 Å². The monoisotopic (exact) mass is 393 g/mol. The summed E-state index contributed by atoms with van der Waals surface area (Å²) in [6.45, 7) is 8.54. The van der Waals surface area contributed by atoms with Gasteiger partial charge in [0, 0.05) is 18.7 Å². The molecule has 0 bridgehead atoms. The van der Waals surface area contributed by atoms with Crippen molar-refractivity contribution < 1.29 is 4.79 Å². The Kier molecular flexibility index (Phi) is 6.20. The number of aromatic nitrogens is 4. The molecule has 0 unspecified atom stereocenters. The Labute approximate surface area is 170 Å². The smallest absolute Gasteiger partial charge is 0.248 e. The fraction of sp³-hybridized carbons (Fsp3) is 0.381. The van der Waals surface area contributed by atoms with E-state index in [1.807, 2.05) is 11.6 Å². The molecule has 1 amide bonds. The highest BCUT2D eigenvalue weighted by atomic mass is 16.1. The van der Waals surface area contributed by atoms with Crippen LogP contribution in [0.3, 0.4) is 0 Å². The molecule has 0 aliphatic heterocycles. The second-order valence-electron chi connectivity index (χ2n) is 6.80. The zero-order chi connectivity index (χ0) is 21.0. The predicted molar refractivity (Wildman–Crippen MR) is 114 cm³/mol. The van der Waals surface area contributed by atoms with E-state index in [-0.39, 0.29) is 6.54 Å². The van der Waals surface area contributed by atoms with Gasteiger partial charge in [-0.25, -0.2) is 4.98 Å². The summed E-state index contributed by atoms with van der Waals surface area (Å²) in [5.41, 5.74) is 15.8. The lowest BCUT2D eigenvalue weighted by Crippen LogP contribution is -2.12. The number of nitrogens with two attached hydrogens (primary N) is 2. The van der Waals surface area contributed by atoms with Gasteiger partial charge in [0.25, 0.3) is 0 Å². The summed E-state index contributed by atoms with van der Waals surface area (Å²) in [5, 5.41) is 7.92. The standard InChI is InChI=1S/C21H27N7O/c1-4-9-27-19-15(7-6-8-22)11-16(20(23)29)12-18(19)25-21(27)24-13-17-10-14(3)26-28(17)5-2/h10-12H,4-5,8-9,13,22H2,1-3H3,(H2,23,29)(H,24,25). The summed E-state index contributed by atoms with van der Waals surface area (Å²) in [5.74, 6) is 6.15. The van der Waals surface area contributed by atoms with Gasteiger partial charge < -0.3 is 21.4 Å². The van der Waals surface area contributed by atoms with Crippen molar-refractivity contribution in [1.82, 2.24) is 19.3 Å². The molecule has 2 heterocycles. The van der Waals surface area contributed by atoms with Gasteiger partial charge in [-0.3, -0.25) is 9.48 Å². The molecule has 1 aromatic carbocycles. The second-order valence-corrected chi connectivity index (χ2v) is 6.80. The van der Waals surface area contributed by atoms with Gasteiger partial charge in [0.15, 0.2) is 0 Å². The van der Waals surface area contributed by atoms with Crippen molar-refractivity contribution in [2.24, 2.45) is 11.5 Å². The van der Waals surface area contributed by atoms with E-state index in [0.717, 1.165) is 42.4 Å². The lowest BCUT2D eigenvalue weighted by molar-refractivity contribution is 0.100. The molecule has 2 aromatic heterocycles. The number of primary amides is 1. The second kappa shape index (κ2) is 8.80. The van der Waals surface area contributed by atoms with Crippen molar-refractivity contribution in [2.75, 3.05) is 11.9 Å². The van der Waals surface area contributed by atoms with E-state index < -0.39 is 5.91 Å². The number of nitrogens with one attached hydrogen (secondary N) is 1. The zero-order valence-corrected chi connectivity index (χ0v) is 17.1. The molecule has 8 heteroatoms. The van der Waals surface area contributed by atoms with E-state index in [4.69, 9.17) is 16.5 Å². The number of rotatable bonds is 7. The summed E-state index contributed by atoms with van der Waals surface area (Å²) < 4.78 is 4.07. The van der Waals surface area contributed by atoms with Crippen LogP contribution in [0.4, 0.5) is 5.95 Å². The maximum atomic E-state index is 11.8. The molecular weight excluding hydrogens is 366 g/mol. The summed E-state index contributed by atoms with van der Waals surface area (Å²) in [6, 6.07) is 5.48. The third kappa shape index (κ3) is 4.25. The lowest BCUT2D eigenvalue weighted by atomic mass is 10.1. The molecule has 0 atom stereocenters. The number of fused-ring (bicyclic) bond motifs is 1. The number of aryl methyl sites for hydroxylation is 3. The van der Waals surface area contributed by atoms with Crippen molar-refractivity contribution in [3.8, 4) is 11.8 Å². The number of hydrogen-bond donors (Lipinski definition) is 3. The van der Waals surface area contributed by atoms with Crippen molar-refractivity contribution in [3.05, 3.63) is 40.7 Å². The number of carbonyl (C=O) groups excluding carboxylic acids is 1. The Bertz CT molecular complexity index is 1100. The first-order chi connectivity index (χ1) is 14.0. The van der Waals surface area contributed by atoms with Gasteiger partial charge in [0.05, 0.1) is 41.1 Å². The minimum Gasteiger partial charge on any atom is -0.366 e. The summed E-state index contributed by atoms with van der Waals surface area (Å²) in [4.78, 5) is 16.5. The van der Waals surface area contributed by atoms with Crippen LogP contribution in [0.2, 0.25) is 0 Å². The minimum atomic E-state index is -0.510. The fourth-order valence-corrected chi connectivity index (χ4v) is 3.41. The van der Waals surface area contributed by atoms with Crippen molar-refractivity contribution in [3.63, 3.8) is 0 Å². The van der Waals surface area contributed by atoms with E-state index >= 15 is 0 Å². The summed E-state index contributed by atoms with van der Waals surface area (Å²) >= 11 is 0. The molecule has 3 rings (SSSR count). The van der Waals surface area contributed by atoms with Crippen molar-refractivity contribution in [2.45, 2.75) is 46.8 Å². The van der Waals surface area contributed by atoms with Crippen LogP contribution in [0.5, 0.6) is 0 Å². The van der Waals surface area contributed by atoms with Gasteiger partial charge in [-0.2, -0.15) is 5.10 Å². The molecule has 0 radical (unpaired) electrons. The molecule has 0 saturated carbocycles. The largest absolute Gasteiger partial charge is 0.366 e. The average Bonchev–Trinajstić information content (AvgIpc) is 3.24. The van der Waals surface area contributed by atoms with Gasteiger partial charge in [-0.1, -0.05) is 18.8 Å². The molecule has 0 fully saturated rings. The maximum Gasteiger partial charge on any atom is 0.248 e. The minimum absolute atomic E-state index is 0.232. The van der Waals surface area contributed by atoms with E-state index in [2.05, 4.69) is 46.7 Å². The SMILES string of the molecule is CCCn1c(NCc2cc(C)nn2CC)nc2cc(C(N)=O)cc(C#CCN)c21. The van der Waals surface area contributed by atoms with E-state index in [9.17, 15) is 4.79 Å². The Morgan fingerprint density at radius 1 is 1.28 bits per heavy atom. The normalized spacial score (nSPS) is 10.8. The number of carbonyl (C=O) groups is 1. The molecule has 0 aliphatic carbocycles. The van der Waals surface area contributed by atoms with Gasteiger partial charge in [-0.05, 0) is 38.5 Å². The molecule has 0 aliphatic rings. The number of hydrogen-bond acceptors (Lipinski definition) is 5. The van der Waals surface area contributed by atoms with Gasteiger partial charge >= 0.3 is 0 Å². The maximum absolute atomic E-state index is 11.8. The summed E-state index contributed by atoms with van der Waals surface area (Å²) in [6.07, 6.45) is 0.924. The van der Waals surface area contributed by atoms with E-state index in [1.165, 1.54) is 0 Å². The van der Waals surface area contributed by atoms with Crippen molar-refractivity contribution in [1.29, 1.82) is 0 Å². The fourth-order valence-electron chi connectivity index (χ4n) is 3.41. The van der Waals surface area contributed by atoms with Crippen LogP contribution in [-0.2, 0) is 19.6 Å². The van der Waals surface area contributed by atoms with Crippen LogP contribution in [0.1, 0.15) is 47.6 Å². The highest BCUT2D eigenvalue weighted by Crippen LogP contribution is 2.26. The lowest BCUT2D eigenvalue weighted by Gasteiger charge is -2.11. The van der Waals surface area contributed by atoms with Gasteiger partial charge in [-0.15, -0.1) is 0 Å². The van der Waals surface area contributed by atoms with Crippen LogP contribution in [0.25, 0.3) is 11.0 Å². The molecule has 0 spiro atoms. The zero-order valence-electron chi connectivity index (χ0n) is 17.1. The molecule has 5 N–H and O–H groups in total. The first-order valence-corrected chi connectivity index (χ1v) is 9.78. The van der Waals surface area contributed by atoms with E-state index in [1.54, 1.807) is 12.1 Å². The molecular formula is C21H27N7O. The quantitative estimate of drug-likeness (QED) is 0.531. The first-order valence-electron chi connectivity index (χ1n) is 9.78. The molecule has 0 saturated heterocycles. The molecule has 152 valence electrons. The van der Waals surface area contributed by atoms with Crippen molar-refractivity contribution >= 4 is 22.9 Å². The summed E-state index contributed by atoms with van der Waals surface area (Å²) in [7, 11) is 0. The number of nitrogens with zero attached hydrogens (tertiary/aromatic N) is 4. The van der Waals surface area contributed by atoms with E-state index in [0.29, 0.717) is 23.2 Å². The number of anilines is 1. The Morgan fingerprint density at radius 3 is 2.72 bits per heavy atom. The molecule has 29 heavy (non-hydrogen) atoms. The number of benzene rings is 1. The van der Waals surface area contributed by atoms with Crippen LogP contribution in [0, 0.1) is 18.8 Å². The molecule has 8 nitrogen and oxygen atoms in total. The number of imidazole rings is 1. The highest BCUT2D eigenvalue weighted by Gasteiger charge is 2.17. The predicted octanol–water partition coefficient (Wildman–Crippen LogP) is 1.99. The molecule has 3 aromatic rings. The average molecular weight is 393 g/mol. The highest BCUT2D eigenvalue weighted by molar-refractivity contribution is 5.98.